The molecule has 0 radical (unpaired) electrons. The van der Waals surface area contributed by atoms with Gasteiger partial charge in [0.25, 0.3) is 0 Å². The molecule has 0 aliphatic carbocycles. The lowest BCUT2D eigenvalue weighted by molar-refractivity contribution is -0.141. The van der Waals surface area contributed by atoms with Crippen molar-refractivity contribution in [1.82, 2.24) is 10.3 Å². The Hall–Kier alpha value is -1.43. The number of nitrogens with one attached hydrogen (secondary N) is 1. The molecule has 0 fully saturated rings. The summed E-state index contributed by atoms with van der Waals surface area (Å²) in [5.74, 6) is 0. The largest absolute Gasteiger partial charge is 0.433 e. The number of alkyl halides is 3. The molecule has 19 heavy (non-hydrogen) atoms. The highest BCUT2D eigenvalue weighted by molar-refractivity contribution is 8.03. The lowest BCUT2D eigenvalue weighted by Gasteiger charge is -2.13. The fraction of sp³-hybridized carbons (Fsp3) is 0.308. The smallest absolute Gasteiger partial charge is 0.372 e. The molecule has 1 aromatic rings. The molecule has 1 unspecified atom stereocenters. The van der Waals surface area contributed by atoms with Crippen LogP contribution in [-0.4, -0.2) is 4.98 Å². The van der Waals surface area contributed by atoms with E-state index in [0.29, 0.717) is 0 Å². The van der Waals surface area contributed by atoms with Crippen molar-refractivity contribution in [3.63, 3.8) is 0 Å². The summed E-state index contributed by atoms with van der Waals surface area (Å²) in [5.41, 5.74) is 0.927. The minimum atomic E-state index is -4.39. The first-order chi connectivity index (χ1) is 8.91. The monoisotopic (exact) mass is 286 g/mol. The summed E-state index contributed by atoms with van der Waals surface area (Å²) in [7, 11) is 0. The lowest BCUT2D eigenvalue weighted by atomic mass is 10.2. The van der Waals surface area contributed by atoms with Crippen LogP contribution in [0.2, 0.25) is 0 Å². The maximum atomic E-state index is 12.4. The Morgan fingerprint density at radius 3 is 2.74 bits per heavy atom. The van der Waals surface area contributed by atoms with E-state index >= 15 is 0 Å². The second-order valence-corrected chi connectivity index (χ2v) is 5.46. The first-order valence-electron chi connectivity index (χ1n) is 5.69. The van der Waals surface area contributed by atoms with Gasteiger partial charge in [-0.2, -0.15) is 13.2 Å². The van der Waals surface area contributed by atoms with Crippen molar-refractivity contribution in [3.8, 4) is 0 Å². The normalized spacial score (nSPS) is 19.5. The predicted molar refractivity (Wildman–Crippen MR) is 70.2 cm³/mol. The van der Waals surface area contributed by atoms with Crippen LogP contribution in [0, 0.1) is 0 Å². The van der Waals surface area contributed by atoms with Gasteiger partial charge in [-0.1, -0.05) is 23.9 Å². The number of thioether (sulfide) groups is 1. The zero-order valence-corrected chi connectivity index (χ0v) is 11.1. The molecule has 6 heteroatoms. The molecule has 2 heterocycles. The van der Waals surface area contributed by atoms with Crippen molar-refractivity contribution < 1.29 is 13.2 Å². The number of aromatic nitrogens is 1. The molecule has 0 amide bonds. The molecule has 0 bridgehead atoms. The van der Waals surface area contributed by atoms with Crippen LogP contribution >= 0.6 is 11.8 Å². The van der Waals surface area contributed by atoms with Crippen molar-refractivity contribution in [3.05, 3.63) is 52.8 Å². The van der Waals surface area contributed by atoms with Crippen molar-refractivity contribution in [2.24, 2.45) is 0 Å². The molecule has 1 atom stereocenters. The third-order valence-corrected chi connectivity index (χ3v) is 3.98. The molecule has 102 valence electrons. The van der Waals surface area contributed by atoms with Crippen LogP contribution in [-0.2, 0) is 6.18 Å². The molecular weight excluding hydrogens is 273 g/mol. The molecule has 0 saturated heterocycles. The number of nitrogens with zero attached hydrogens (tertiary/aromatic N) is 1. The van der Waals surface area contributed by atoms with E-state index < -0.39 is 11.9 Å². The number of halogens is 3. The van der Waals surface area contributed by atoms with E-state index in [1.807, 2.05) is 6.92 Å². The summed E-state index contributed by atoms with van der Waals surface area (Å²) >= 11 is 1.58. The van der Waals surface area contributed by atoms with E-state index in [2.05, 4.69) is 16.9 Å². The van der Waals surface area contributed by atoms with Gasteiger partial charge in [0.15, 0.2) is 0 Å². The van der Waals surface area contributed by atoms with Gasteiger partial charge in [0.1, 0.15) is 11.1 Å². The van der Waals surface area contributed by atoms with Gasteiger partial charge in [0.2, 0.25) is 0 Å². The molecule has 1 aliphatic rings. The van der Waals surface area contributed by atoms with E-state index in [4.69, 9.17) is 0 Å². The fourth-order valence-electron chi connectivity index (χ4n) is 1.76. The molecule has 1 aromatic heterocycles. The molecular formula is C13H13F3N2S. The SMILES string of the molecule is C=CCC1=C(C)SC(c2ccc(C(F)(F)F)nc2)N1. The Balaban J connectivity index is 2.11. The van der Waals surface area contributed by atoms with Crippen molar-refractivity contribution in [2.45, 2.75) is 24.9 Å². The minimum absolute atomic E-state index is 0.0790. The van der Waals surface area contributed by atoms with Gasteiger partial charge in [-0.05, 0) is 13.0 Å². The highest BCUT2D eigenvalue weighted by Gasteiger charge is 2.32. The van der Waals surface area contributed by atoms with Crippen LogP contribution in [0.25, 0.3) is 0 Å². The van der Waals surface area contributed by atoms with E-state index in [0.717, 1.165) is 28.7 Å². The second-order valence-electron chi connectivity index (χ2n) is 4.14. The van der Waals surface area contributed by atoms with Gasteiger partial charge >= 0.3 is 6.18 Å². The molecule has 0 spiro atoms. The maximum absolute atomic E-state index is 12.4. The molecule has 0 saturated carbocycles. The second kappa shape index (κ2) is 5.28. The van der Waals surface area contributed by atoms with Gasteiger partial charge in [-0.25, -0.2) is 0 Å². The van der Waals surface area contributed by atoms with Crippen LogP contribution in [0.3, 0.4) is 0 Å². The van der Waals surface area contributed by atoms with E-state index in [1.165, 1.54) is 12.3 Å². The van der Waals surface area contributed by atoms with Crippen molar-refractivity contribution in [1.29, 1.82) is 0 Å². The van der Waals surface area contributed by atoms with Gasteiger partial charge < -0.3 is 5.32 Å². The van der Waals surface area contributed by atoms with Gasteiger partial charge in [-0.3, -0.25) is 4.98 Å². The average Bonchev–Trinajstić information content (AvgIpc) is 2.71. The molecule has 2 rings (SSSR count). The average molecular weight is 286 g/mol. The Bertz CT molecular complexity index is 506. The summed E-state index contributed by atoms with van der Waals surface area (Å²) in [6, 6.07) is 2.48. The Morgan fingerprint density at radius 1 is 1.47 bits per heavy atom. The van der Waals surface area contributed by atoms with Gasteiger partial charge in [0.05, 0.1) is 0 Å². The van der Waals surface area contributed by atoms with Crippen LogP contribution < -0.4 is 5.32 Å². The number of allylic oxidation sites excluding steroid dienone is 2. The standard InChI is InChI=1S/C13H13F3N2S/c1-3-4-10-8(2)19-12(18-10)9-5-6-11(17-7-9)13(14,15)16/h3,5-7,12,18H,1,4H2,2H3. The number of rotatable bonds is 3. The Labute approximate surface area is 113 Å². The molecule has 1 aliphatic heterocycles. The van der Waals surface area contributed by atoms with E-state index in [-0.39, 0.29) is 5.37 Å². The quantitative estimate of drug-likeness (QED) is 0.841. The summed E-state index contributed by atoms with van der Waals surface area (Å²) < 4.78 is 37.3. The number of hydrogen-bond donors (Lipinski definition) is 1. The minimum Gasteiger partial charge on any atom is -0.372 e. The Morgan fingerprint density at radius 2 is 2.21 bits per heavy atom. The molecule has 1 N–H and O–H groups in total. The zero-order valence-electron chi connectivity index (χ0n) is 10.3. The third kappa shape index (κ3) is 3.12. The van der Waals surface area contributed by atoms with Crippen molar-refractivity contribution >= 4 is 11.8 Å². The van der Waals surface area contributed by atoms with E-state index in [1.54, 1.807) is 17.8 Å². The van der Waals surface area contributed by atoms with Crippen LogP contribution in [0.4, 0.5) is 13.2 Å². The van der Waals surface area contributed by atoms with Gasteiger partial charge in [-0.15, -0.1) is 6.58 Å². The van der Waals surface area contributed by atoms with Gasteiger partial charge in [0, 0.05) is 28.8 Å². The first-order valence-corrected chi connectivity index (χ1v) is 6.56. The topological polar surface area (TPSA) is 24.9 Å². The first kappa shape index (κ1) is 14.0. The van der Waals surface area contributed by atoms with Crippen molar-refractivity contribution in [2.75, 3.05) is 0 Å². The van der Waals surface area contributed by atoms with Crippen LogP contribution in [0.1, 0.15) is 30.0 Å². The predicted octanol–water partition coefficient (Wildman–Crippen LogP) is 4.24. The van der Waals surface area contributed by atoms with E-state index in [9.17, 15) is 13.2 Å². The van der Waals surface area contributed by atoms with Crippen LogP contribution in [0.15, 0.2) is 41.6 Å². The number of pyridine rings is 1. The molecule has 0 aromatic carbocycles. The maximum Gasteiger partial charge on any atom is 0.433 e. The third-order valence-electron chi connectivity index (χ3n) is 2.75. The fourth-order valence-corrected chi connectivity index (χ4v) is 2.88. The number of hydrogen-bond acceptors (Lipinski definition) is 3. The highest BCUT2D eigenvalue weighted by atomic mass is 32.2. The lowest BCUT2D eigenvalue weighted by Crippen LogP contribution is -2.14. The molecule has 2 nitrogen and oxygen atoms in total. The Kier molecular flexibility index (Phi) is 3.89. The summed E-state index contributed by atoms with van der Waals surface area (Å²) in [5, 5.41) is 3.19. The highest BCUT2D eigenvalue weighted by Crippen LogP contribution is 2.41. The summed E-state index contributed by atoms with van der Waals surface area (Å²) in [4.78, 5) is 4.60. The van der Waals surface area contributed by atoms with Crippen LogP contribution in [0.5, 0.6) is 0 Å². The summed E-state index contributed by atoms with van der Waals surface area (Å²) in [6.07, 6.45) is -0.599. The summed E-state index contributed by atoms with van der Waals surface area (Å²) in [6.45, 7) is 5.65. The zero-order chi connectivity index (χ0) is 14.0.